The summed E-state index contributed by atoms with van der Waals surface area (Å²) < 4.78 is 47.6. The van der Waals surface area contributed by atoms with Gasteiger partial charge in [0.25, 0.3) is 0 Å². The summed E-state index contributed by atoms with van der Waals surface area (Å²) in [4.78, 5) is 18.3. The molecule has 6 rings (SSSR count). The Morgan fingerprint density at radius 3 is 2.54 bits per heavy atom. The van der Waals surface area contributed by atoms with E-state index in [0.717, 1.165) is 11.6 Å². The number of ether oxygens (including phenoxy) is 6. The highest BCUT2D eigenvalue weighted by Crippen LogP contribution is 2.33. The number of aliphatic hydroxyl groups excluding tert-OH is 4. The maximum absolute atomic E-state index is 15.0. The van der Waals surface area contributed by atoms with Crippen LogP contribution in [0.2, 0.25) is 0 Å². The van der Waals surface area contributed by atoms with E-state index in [1.54, 1.807) is 19.1 Å². The molecule has 2 saturated heterocycles. The van der Waals surface area contributed by atoms with Gasteiger partial charge in [-0.25, -0.2) is 4.39 Å². The lowest BCUT2D eigenvalue weighted by Crippen LogP contribution is -2.67. The Hall–Kier alpha value is -3.83. The molecule has 1 aliphatic carbocycles. The molecule has 0 aromatic heterocycles. The third-order valence-corrected chi connectivity index (χ3v) is 8.23. The van der Waals surface area contributed by atoms with E-state index in [-0.39, 0.29) is 37.9 Å². The van der Waals surface area contributed by atoms with Crippen molar-refractivity contribution in [3.05, 3.63) is 58.9 Å². The molecule has 3 fully saturated rings. The van der Waals surface area contributed by atoms with Crippen LogP contribution in [0.1, 0.15) is 31.4 Å². The van der Waals surface area contributed by atoms with Crippen LogP contribution in [0.3, 0.4) is 0 Å². The Bertz CT molecular complexity index is 1500. The van der Waals surface area contributed by atoms with Gasteiger partial charge in [-0.1, -0.05) is 17.3 Å². The van der Waals surface area contributed by atoms with Crippen LogP contribution < -0.4 is 19.5 Å². The third kappa shape index (κ3) is 6.66. The SMILES string of the molecule is C/C(=C\c1ccc(O[C@H]2C[C@H](O)[C@@H](/C(C)=N/OCc3ccc4c(c3)OCO4)O2)c(F)c1)C(=O)N[C@@H]1C(O)C(O)C2OCO[C@H]2[C@@H]1O. The maximum atomic E-state index is 15.0. The number of hydrogen-bond donors (Lipinski definition) is 5. The van der Waals surface area contributed by atoms with E-state index in [1.165, 1.54) is 25.1 Å². The van der Waals surface area contributed by atoms with E-state index in [0.29, 0.717) is 22.8 Å². The summed E-state index contributed by atoms with van der Waals surface area (Å²) in [6, 6.07) is 8.23. The van der Waals surface area contributed by atoms with E-state index in [9.17, 15) is 25.2 Å². The minimum Gasteiger partial charge on any atom is -0.462 e. The standard InChI is InChI=1S/C31H35FN2O12/c1-14(31(39)33-24-25(36)27(38)30-29(26(24)37)42-13-43-30)7-16-3-5-20(18(32)8-16)45-23-10-19(35)28(46-23)15(2)34-44-11-17-4-6-21-22(9-17)41-12-40-21/h3-9,19,23-30,35-38H,10-13H2,1-2H3,(H,33,39)/b14-7+,34-15+/t19-,23+,24+,25?,26+,27?,28+,29-,30?/m0/s1. The number of carbonyl (C=O) groups is 1. The van der Waals surface area contributed by atoms with Crippen molar-refractivity contribution in [1.29, 1.82) is 0 Å². The minimum absolute atomic E-state index is 0.0619. The Morgan fingerprint density at radius 1 is 1.00 bits per heavy atom. The summed E-state index contributed by atoms with van der Waals surface area (Å²) >= 11 is 0. The van der Waals surface area contributed by atoms with Crippen molar-refractivity contribution in [1.82, 2.24) is 5.32 Å². The van der Waals surface area contributed by atoms with Crippen LogP contribution in [0, 0.1) is 5.82 Å². The number of nitrogens with one attached hydrogen (secondary N) is 1. The molecule has 14 nitrogen and oxygen atoms in total. The van der Waals surface area contributed by atoms with Crippen molar-refractivity contribution >= 4 is 17.7 Å². The van der Waals surface area contributed by atoms with Gasteiger partial charge in [-0.15, -0.1) is 0 Å². The van der Waals surface area contributed by atoms with E-state index in [1.807, 2.05) is 6.07 Å². The lowest BCUT2D eigenvalue weighted by Gasteiger charge is -2.41. The molecule has 1 amide bonds. The number of oxime groups is 1. The lowest BCUT2D eigenvalue weighted by atomic mass is 9.83. The van der Waals surface area contributed by atoms with Gasteiger partial charge < -0.3 is 59.0 Å². The van der Waals surface area contributed by atoms with E-state index < -0.39 is 66.8 Å². The lowest BCUT2D eigenvalue weighted by molar-refractivity contribution is -0.155. The van der Waals surface area contributed by atoms with Gasteiger partial charge in [-0.2, -0.15) is 0 Å². The second-order valence-corrected chi connectivity index (χ2v) is 11.5. The average molecular weight is 647 g/mol. The molecule has 0 bridgehead atoms. The fourth-order valence-corrected chi connectivity index (χ4v) is 5.76. The predicted molar refractivity (Wildman–Crippen MR) is 155 cm³/mol. The molecule has 3 aliphatic heterocycles. The number of nitrogens with zero attached hydrogens (tertiary/aromatic N) is 1. The van der Waals surface area contributed by atoms with Crippen LogP contribution in [0.25, 0.3) is 6.08 Å². The fourth-order valence-electron chi connectivity index (χ4n) is 5.76. The highest BCUT2D eigenvalue weighted by atomic mass is 19.1. The molecule has 15 heteroatoms. The van der Waals surface area contributed by atoms with Crippen LogP contribution in [0.15, 0.2) is 47.1 Å². The van der Waals surface area contributed by atoms with Crippen molar-refractivity contribution in [2.45, 2.75) is 81.9 Å². The van der Waals surface area contributed by atoms with E-state index >= 15 is 4.39 Å². The van der Waals surface area contributed by atoms with Crippen LogP contribution in [0.4, 0.5) is 4.39 Å². The molecule has 3 unspecified atom stereocenters. The molecule has 248 valence electrons. The number of aliphatic hydroxyl groups is 4. The average Bonchev–Trinajstić information content (AvgIpc) is 3.79. The highest BCUT2D eigenvalue weighted by molar-refractivity contribution is 5.97. The molecule has 46 heavy (non-hydrogen) atoms. The van der Waals surface area contributed by atoms with Gasteiger partial charge in [0.05, 0.1) is 17.9 Å². The Morgan fingerprint density at radius 2 is 1.76 bits per heavy atom. The van der Waals surface area contributed by atoms with Gasteiger partial charge in [0.1, 0.15) is 50.0 Å². The highest BCUT2D eigenvalue weighted by Gasteiger charge is 2.53. The number of fused-ring (bicyclic) bond motifs is 2. The number of benzene rings is 2. The second-order valence-electron chi connectivity index (χ2n) is 11.5. The third-order valence-electron chi connectivity index (χ3n) is 8.23. The van der Waals surface area contributed by atoms with Crippen LogP contribution >= 0.6 is 0 Å². The Balaban J connectivity index is 1.02. The summed E-state index contributed by atoms with van der Waals surface area (Å²) in [6.45, 7) is 3.29. The normalized spacial score (nSPS) is 32.3. The van der Waals surface area contributed by atoms with Crippen molar-refractivity contribution in [3.63, 3.8) is 0 Å². The van der Waals surface area contributed by atoms with Crippen LogP contribution in [0.5, 0.6) is 17.2 Å². The summed E-state index contributed by atoms with van der Waals surface area (Å²) in [5, 5.41) is 48.4. The molecule has 5 N–H and O–H groups in total. The second kappa shape index (κ2) is 13.5. The minimum atomic E-state index is -1.50. The smallest absolute Gasteiger partial charge is 0.247 e. The number of amides is 1. The summed E-state index contributed by atoms with van der Waals surface area (Å²) in [6.07, 6.45) is -7.29. The van der Waals surface area contributed by atoms with Gasteiger partial charge in [0.2, 0.25) is 19.0 Å². The largest absolute Gasteiger partial charge is 0.462 e. The van der Waals surface area contributed by atoms with Crippen LogP contribution in [-0.4, -0.2) is 101 Å². The molecule has 0 radical (unpaired) electrons. The van der Waals surface area contributed by atoms with Crippen molar-refractivity contribution in [2.75, 3.05) is 13.6 Å². The van der Waals surface area contributed by atoms with E-state index in [2.05, 4.69) is 10.5 Å². The Kier molecular flexibility index (Phi) is 9.42. The zero-order valence-electron chi connectivity index (χ0n) is 24.9. The molecular formula is C31H35FN2O12. The number of carbonyl (C=O) groups excluding carboxylic acids is 1. The summed E-state index contributed by atoms with van der Waals surface area (Å²) in [5.41, 5.74) is 1.67. The van der Waals surface area contributed by atoms with E-state index in [4.69, 9.17) is 33.3 Å². The molecule has 0 spiro atoms. The molecule has 9 atom stereocenters. The van der Waals surface area contributed by atoms with Gasteiger partial charge in [-0.05, 0) is 55.3 Å². The molecular weight excluding hydrogens is 611 g/mol. The fraction of sp³-hybridized carbons (Fsp3) is 0.484. The molecule has 1 saturated carbocycles. The number of hydrogen-bond acceptors (Lipinski definition) is 13. The Labute approximate surface area is 262 Å². The molecule has 3 heterocycles. The monoisotopic (exact) mass is 646 g/mol. The summed E-state index contributed by atoms with van der Waals surface area (Å²) in [7, 11) is 0. The molecule has 2 aromatic rings. The topological polar surface area (TPSA) is 187 Å². The van der Waals surface area contributed by atoms with Crippen molar-refractivity contribution < 1.29 is 62.9 Å². The molecule has 2 aromatic carbocycles. The first-order valence-corrected chi connectivity index (χ1v) is 14.7. The van der Waals surface area contributed by atoms with Crippen molar-refractivity contribution in [2.24, 2.45) is 5.16 Å². The van der Waals surface area contributed by atoms with Gasteiger partial charge in [-0.3, -0.25) is 4.79 Å². The van der Waals surface area contributed by atoms with Crippen LogP contribution in [-0.2, 0) is 30.4 Å². The zero-order chi connectivity index (χ0) is 32.5. The molecule has 4 aliphatic rings. The first-order valence-electron chi connectivity index (χ1n) is 14.7. The zero-order valence-corrected chi connectivity index (χ0v) is 24.9. The van der Waals surface area contributed by atoms with Gasteiger partial charge in [0, 0.05) is 12.0 Å². The van der Waals surface area contributed by atoms with Crippen molar-refractivity contribution in [3.8, 4) is 17.2 Å². The maximum Gasteiger partial charge on any atom is 0.247 e. The summed E-state index contributed by atoms with van der Waals surface area (Å²) in [5.74, 6) is -0.218. The quantitative estimate of drug-likeness (QED) is 0.146. The van der Waals surface area contributed by atoms with Gasteiger partial charge in [0.15, 0.2) is 23.1 Å². The van der Waals surface area contributed by atoms with Gasteiger partial charge >= 0.3 is 0 Å². The predicted octanol–water partition coefficient (Wildman–Crippen LogP) is 0.728. The first-order chi connectivity index (χ1) is 22.1. The first kappa shape index (κ1) is 32.1. The number of halogens is 1. The number of rotatable bonds is 9.